The molecule has 4 nitrogen and oxygen atoms in total. The van der Waals surface area contributed by atoms with Crippen molar-refractivity contribution in [3.8, 4) is 0 Å². The summed E-state index contributed by atoms with van der Waals surface area (Å²) in [5.74, 6) is 0.891. The van der Waals surface area contributed by atoms with Gasteiger partial charge in [0.2, 0.25) is 0 Å². The van der Waals surface area contributed by atoms with Crippen LogP contribution in [0.2, 0.25) is 0 Å². The first-order chi connectivity index (χ1) is 7.96. The summed E-state index contributed by atoms with van der Waals surface area (Å²) in [6.45, 7) is 3.91. The summed E-state index contributed by atoms with van der Waals surface area (Å²) in [7, 11) is -2.89. The minimum absolute atomic E-state index is 0.0237. The van der Waals surface area contributed by atoms with E-state index in [4.69, 9.17) is 5.11 Å². The van der Waals surface area contributed by atoms with Gasteiger partial charge >= 0.3 is 0 Å². The second-order valence-electron chi connectivity index (χ2n) is 5.17. The third kappa shape index (κ3) is 5.36. The molecule has 0 aromatic rings. The lowest BCUT2D eigenvalue weighted by molar-refractivity contribution is 0.173. The summed E-state index contributed by atoms with van der Waals surface area (Å²) >= 11 is 0. The van der Waals surface area contributed by atoms with Crippen molar-refractivity contribution in [1.29, 1.82) is 0 Å². The van der Waals surface area contributed by atoms with Gasteiger partial charge in [-0.1, -0.05) is 6.92 Å². The molecule has 5 heteroatoms. The number of aliphatic hydroxyl groups is 1. The number of hydrogen-bond donors (Lipinski definition) is 2. The van der Waals surface area contributed by atoms with E-state index in [1.165, 1.54) is 0 Å². The van der Waals surface area contributed by atoms with E-state index in [9.17, 15) is 8.42 Å². The van der Waals surface area contributed by atoms with Gasteiger partial charge in [0.1, 0.15) is 0 Å². The van der Waals surface area contributed by atoms with E-state index >= 15 is 0 Å². The van der Waals surface area contributed by atoms with Crippen LogP contribution in [0.25, 0.3) is 0 Å². The quantitative estimate of drug-likeness (QED) is 0.749. The zero-order chi connectivity index (χ0) is 12.9. The molecule has 1 fully saturated rings. The minimum atomic E-state index is -2.89. The monoisotopic (exact) mass is 263 g/mol. The Morgan fingerprint density at radius 3 is 2.35 bits per heavy atom. The average Bonchev–Trinajstić information content (AvgIpc) is 2.29. The van der Waals surface area contributed by atoms with Crippen LogP contribution in [-0.2, 0) is 9.84 Å². The molecule has 0 saturated heterocycles. The van der Waals surface area contributed by atoms with Crippen molar-refractivity contribution < 1.29 is 13.5 Å². The van der Waals surface area contributed by atoms with Gasteiger partial charge in [-0.05, 0) is 38.5 Å². The van der Waals surface area contributed by atoms with Gasteiger partial charge in [-0.2, -0.15) is 0 Å². The van der Waals surface area contributed by atoms with Crippen LogP contribution in [0.1, 0.15) is 39.5 Å². The zero-order valence-electron chi connectivity index (χ0n) is 10.9. The fraction of sp³-hybridized carbons (Fsp3) is 1.00. The molecule has 1 unspecified atom stereocenters. The first kappa shape index (κ1) is 14.9. The van der Waals surface area contributed by atoms with Crippen LogP contribution in [0, 0.1) is 5.92 Å². The molecule has 0 bridgehead atoms. The Labute approximate surface area is 105 Å². The second kappa shape index (κ2) is 6.71. The molecular formula is C12H25NO3S. The van der Waals surface area contributed by atoms with E-state index in [0.29, 0.717) is 12.0 Å². The summed E-state index contributed by atoms with van der Waals surface area (Å²) in [6, 6.07) is 0.440. The summed E-state index contributed by atoms with van der Waals surface area (Å²) in [6.07, 6.45) is 4.17. The molecule has 0 aliphatic heterocycles. The molecule has 102 valence electrons. The smallest absolute Gasteiger partial charge is 0.151 e. The van der Waals surface area contributed by atoms with Gasteiger partial charge in [-0.25, -0.2) is 8.42 Å². The first-order valence-corrected chi connectivity index (χ1v) is 8.36. The maximum atomic E-state index is 11.5. The molecule has 0 aromatic carbocycles. The van der Waals surface area contributed by atoms with Crippen LogP contribution in [0.3, 0.4) is 0 Å². The maximum absolute atomic E-state index is 11.5. The molecule has 0 spiro atoms. The molecule has 2 N–H and O–H groups in total. The first-order valence-electron chi connectivity index (χ1n) is 6.54. The predicted octanol–water partition coefficient (Wildman–Crippen LogP) is 0.950. The number of nitrogens with one attached hydrogen (secondary N) is 1. The van der Waals surface area contributed by atoms with Crippen molar-refractivity contribution in [1.82, 2.24) is 5.32 Å². The molecule has 0 radical (unpaired) electrons. The van der Waals surface area contributed by atoms with Crippen molar-refractivity contribution >= 4 is 9.84 Å². The van der Waals surface area contributed by atoms with Crippen LogP contribution in [0.4, 0.5) is 0 Å². The van der Waals surface area contributed by atoms with Crippen LogP contribution >= 0.6 is 0 Å². The molecule has 17 heavy (non-hydrogen) atoms. The highest BCUT2D eigenvalue weighted by Crippen LogP contribution is 2.23. The highest BCUT2D eigenvalue weighted by Gasteiger charge is 2.23. The zero-order valence-corrected chi connectivity index (χ0v) is 11.7. The number of rotatable bonds is 6. The van der Waals surface area contributed by atoms with E-state index in [1.807, 2.05) is 6.92 Å². The minimum Gasteiger partial charge on any atom is -0.396 e. The number of sulfone groups is 1. The summed E-state index contributed by atoms with van der Waals surface area (Å²) in [5.41, 5.74) is 0. The summed E-state index contributed by atoms with van der Waals surface area (Å²) in [4.78, 5) is 0. The number of aliphatic hydroxyl groups excluding tert-OH is 1. The molecule has 1 aliphatic rings. The molecule has 1 atom stereocenters. The van der Waals surface area contributed by atoms with Gasteiger partial charge in [-0.3, -0.25) is 0 Å². The molecule has 0 heterocycles. The molecule has 0 amide bonds. The summed E-state index contributed by atoms with van der Waals surface area (Å²) < 4.78 is 23.0. The van der Waals surface area contributed by atoms with Crippen molar-refractivity contribution in [2.24, 2.45) is 5.92 Å². The largest absolute Gasteiger partial charge is 0.396 e. The van der Waals surface area contributed by atoms with Crippen molar-refractivity contribution in [2.45, 2.75) is 51.6 Å². The van der Waals surface area contributed by atoms with E-state index in [2.05, 4.69) is 5.32 Å². The molecule has 1 saturated carbocycles. The highest BCUT2D eigenvalue weighted by molar-refractivity contribution is 7.91. The Balaban J connectivity index is 2.30. The van der Waals surface area contributed by atoms with Gasteiger partial charge in [0.25, 0.3) is 0 Å². The van der Waals surface area contributed by atoms with Gasteiger partial charge in [0, 0.05) is 24.4 Å². The Bertz CT molecular complexity index is 308. The van der Waals surface area contributed by atoms with Crippen molar-refractivity contribution in [3.63, 3.8) is 0 Å². The fourth-order valence-electron chi connectivity index (χ4n) is 2.46. The third-order valence-electron chi connectivity index (χ3n) is 3.57. The molecular weight excluding hydrogens is 238 g/mol. The van der Waals surface area contributed by atoms with Crippen LogP contribution < -0.4 is 5.32 Å². The fourth-order valence-corrected chi connectivity index (χ4v) is 3.55. The lowest BCUT2D eigenvalue weighted by Crippen LogP contribution is -2.42. The topological polar surface area (TPSA) is 66.4 Å². The van der Waals surface area contributed by atoms with E-state index in [1.54, 1.807) is 6.92 Å². The Morgan fingerprint density at radius 2 is 1.88 bits per heavy atom. The van der Waals surface area contributed by atoms with Crippen LogP contribution in [-0.4, -0.2) is 43.7 Å². The predicted molar refractivity (Wildman–Crippen MR) is 69.8 cm³/mol. The lowest BCUT2D eigenvalue weighted by atomic mass is 9.86. The van der Waals surface area contributed by atoms with E-state index in [-0.39, 0.29) is 24.2 Å². The molecule has 1 rings (SSSR count). The maximum Gasteiger partial charge on any atom is 0.151 e. The molecule has 1 aliphatic carbocycles. The Kier molecular flexibility index (Phi) is 5.89. The standard InChI is InChI=1S/C12H25NO3S/c1-3-17(15,16)9-10(2)13-12-6-4-11(8-14)5-7-12/h10-14H,3-9H2,1-2H3. The third-order valence-corrected chi connectivity index (χ3v) is 5.46. The van der Waals surface area contributed by atoms with Gasteiger partial charge in [-0.15, -0.1) is 0 Å². The second-order valence-corrected chi connectivity index (χ2v) is 7.56. The Morgan fingerprint density at radius 1 is 1.29 bits per heavy atom. The lowest BCUT2D eigenvalue weighted by Gasteiger charge is -2.30. The summed E-state index contributed by atoms with van der Waals surface area (Å²) in [5, 5.41) is 12.4. The van der Waals surface area contributed by atoms with Gasteiger partial charge < -0.3 is 10.4 Å². The molecule has 0 aromatic heterocycles. The van der Waals surface area contributed by atoms with Crippen molar-refractivity contribution in [2.75, 3.05) is 18.1 Å². The number of hydrogen-bond acceptors (Lipinski definition) is 4. The Hall–Kier alpha value is -0.130. The van der Waals surface area contributed by atoms with Crippen LogP contribution in [0.5, 0.6) is 0 Å². The van der Waals surface area contributed by atoms with Gasteiger partial charge in [0.15, 0.2) is 9.84 Å². The average molecular weight is 263 g/mol. The highest BCUT2D eigenvalue weighted by atomic mass is 32.2. The SMILES string of the molecule is CCS(=O)(=O)CC(C)NC1CCC(CO)CC1. The van der Waals surface area contributed by atoms with E-state index < -0.39 is 9.84 Å². The van der Waals surface area contributed by atoms with Gasteiger partial charge in [0.05, 0.1) is 5.75 Å². The van der Waals surface area contributed by atoms with E-state index in [0.717, 1.165) is 25.7 Å². The van der Waals surface area contributed by atoms with Crippen molar-refractivity contribution in [3.05, 3.63) is 0 Å². The normalized spacial score (nSPS) is 27.9. The van der Waals surface area contributed by atoms with Crippen LogP contribution in [0.15, 0.2) is 0 Å².